The van der Waals surface area contributed by atoms with Gasteiger partial charge < -0.3 is 10.2 Å². The molecule has 0 saturated heterocycles. The van der Waals surface area contributed by atoms with Gasteiger partial charge in [-0.05, 0) is 29.8 Å². The number of benzene rings is 1. The van der Waals surface area contributed by atoms with Crippen LogP contribution in [0.25, 0.3) is 0 Å². The Labute approximate surface area is 153 Å². The molecule has 4 nitrogen and oxygen atoms in total. The van der Waals surface area contributed by atoms with Crippen molar-refractivity contribution in [3.05, 3.63) is 63.6 Å². The SMILES string of the molecule is C=CCN(Cc1ccc(Cl)s1)C(=O)C1CC(=O)Nc2cc(F)ccc21. The molecular formula is C18H16ClFN2O2S. The Morgan fingerprint density at radius 2 is 2.24 bits per heavy atom. The van der Waals surface area contributed by atoms with Crippen LogP contribution in [0.2, 0.25) is 4.34 Å². The first-order valence-electron chi connectivity index (χ1n) is 7.71. The fraction of sp³-hybridized carbons (Fsp3) is 0.222. The van der Waals surface area contributed by atoms with Gasteiger partial charge in [-0.3, -0.25) is 9.59 Å². The molecule has 1 atom stereocenters. The number of rotatable bonds is 5. The molecule has 7 heteroatoms. The van der Waals surface area contributed by atoms with Crippen LogP contribution in [0.3, 0.4) is 0 Å². The lowest BCUT2D eigenvalue weighted by atomic mass is 9.89. The standard InChI is InChI=1S/C18H16ClFN2O2S/c1-2-7-22(10-12-4-6-16(19)25-12)18(24)14-9-17(23)21-15-8-11(20)3-5-13(14)15/h2-6,8,14H,1,7,9-10H2,(H,21,23). The minimum atomic E-state index is -0.639. The van der Waals surface area contributed by atoms with E-state index in [0.29, 0.717) is 28.7 Å². The molecule has 0 radical (unpaired) electrons. The molecule has 3 rings (SSSR count). The molecule has 130 valence electrons. The fourth-order valence-electron chi connectivity index (χ4n) is 2.89. The van der Waals surface area contributed by atoms with Crippen molar-refractivity contribution in [2.75, 3.05) is 11.9 Å². The maximum Gasteiger partial charge on any atom is 0.231 e. The van der Waals surface area contributed by atoms with E-state index in [1.807, 2.05) is 6.07 Å². The predicted octanol–water partition coefficient (Wildman–Crippen LogP) is 4.18. The Morgan fingerprint density at radius 3 is 2.92 bits per heavy atom. The average Bonchev–Trinajstić information content (AvgIpc) is 2.97. The summed E-state index contributed by atoms with van der Waals surface area (Å²) in [4.78, 5) is 27.6. The molecule has 1 aromatic carbocycles. The molecule has 0 bridgehead atoms. The van der Waals surface area contributed by atoms with Gasteiger partial charge in [0.05, 0.1) is 16.8 Å². The number of nitrogens with zero attached hydrogens (tertiary/aromatic N) is 1. The number of hydrogen-bond acceptors (Lipinski definition) is 3. The van der Waals surface area contributed by atoms with Gasteiger partial charge >= 0.3 is 0 Å². The van der Waals surface area contributed by atoms with Crippen LogP contribution < -0.4 is 5.32 Å². The van der Waals surface area contributed by atoms with E-state index in [4.69, 9.17) is 11.6 Å². The molecule has 2 heterocycles. The van der Waals surface area contributed by atoms with E-state index in [0.717, 1.165) is 4.88 Å². The van der Waals surface area contributed by atoms with Gasteiger partial charge in [0.2, 0.25) is 11.8 Å². The summed E-state index contributed by atoms with van der Waals surface area (Å²) in [6.07, 6.45) is 1.68. The highest BCUT2D eigenvalue weighted by molar-refractivity contribution is 7.16. The van der Waals surface area contributed by atoms with Crippen molar-refractivity contribution >= 4 is 40.4 Å². The first-order valence-corrected chi connectivity index (χ1v) is 8.90. The molecule has 25 heavy (non-hydrogen) atoms. The maximum atomic E-state index is 13.4. The number of thiophene rings is 1. The van der Waals surface area contributed by atoms with Crippen LogP contribution in [0.15, 0.2) is 43.0 Å². The van der Waals surface area contributed by atoms with Crippen LogP contribution in [0.1, 0.15) is 22.8 Å². The van der Waals surface area contributed by atoms with Crippen molar-refractivity contribution in [2.24, 2.45) is 0 Å². The minimum absolute atomic E-state index is 0.0380. The molecule has 0 spiro atoms. The van der Waals surface area contributed by atoms with Gasteiger partial charge in [0.25, 0.3) is 0 Å². The van der Waals surface area contributed by atoms with Gasteiger partial charge in [-0.1, -0.05) is 23.7 Å². The number of hydrogen-bond donors (Lipinski definition) is 1. The predicted molar refractivity (Wildman–Crippen MR) is 97.3 cm³/mol. The van der Waals surface area contributed by atoms with E-state index < -0.39 is 11.7 Å². The summed E-state index contributed by atoms with van der Waals surface area (Å²) < 4.78 is 14.1. The number of amides is 2. The molecular weight excluding hydrogens is 363 g/mol. The molecule has 0 fully saturated rings. The van der Waals surface area contributed by atoms with Crippen LogP contribution in [0.4, 0.5) is 10.1 Å². The Bertz CT molecular complexity index is 836. The molecule has 1 unspecified atom stereocenters. The summed E-state index contributed by atoms with van der Waals surface area (Å²) in [5.74, 6) is -1.58. The van der Waals surface area contributed by atoms with Crippen LogP contribution in [0.5, 0.6) is 0 Å². The smallest absolute Gasteiger partial charge is 0.231 e. The Morgan fingerprint density at radius 1 is 1.44 bits per heavy atom. The Hall–Kier alpha value is -2.18. The highest BCUT2D eigenvalue weighted by Crippen LogP contribution is 2.34. The Balaban J connectivity index is 1.89. The van der Waals surface area contributed by atoms with Crippen LogP contribution in [-0.2, 0) is 16.1 Å². The second kappa shape index (κ2) is 7.37. The third-order valence-electron chi connectivity index (χ3n) is 3.99. The number of halogens is 2. The number of nitrogens with one attached hydrogen (secondary N) is 1. The summed E-state index contributed by atoms with van der Waals surface area (Å²) in [6.45, 7) is 4.44. The van der Waals surface area contributed by atoms with E-state index in [9.17, 15) is 14.0 Å². The highest BCUT2D eigenvalue weighted by Gasteiger charge is 2.33. The zero-order valence-corrected chi connectivity index (χ0v) is 14.9. The van der Waals surface area contributed by atoms with Crippen molar-refractivity contribution in [3.63, 3.8) is 0 Å². The second-order valence-electron chi connectivity index (χ2n) is 5.75. The van der Waals surface area contributed by atoms with Gasteiger partial charge in [0.1, 0.15) is 5.82 Å². The molecule has 2 aromatic rings. The van der Waals surface area contributed by atoms with Crippen molar-refractivity contribution in [1.82, 2.24) is 4.90 Å². The molecule has 2 amide bonds. The van der Waals surface area contributed by atoms with Gasteiger partial charge in [-0.15, -0.1) is 17.9 Å². The molecule has 1 aliphatic heterocycles. The third kappa shape index (κ3) is 3.91. The van der Waals surface area contributed by atoms with E-state index in [1.165, 1.54) is 23.5 Å². The number of carbonyl (C=O) groups excluding carboxylic acids is 2. The summed E-state index contributed by atoms with van der Waals surface area (Å²) in [5, 5.41) is 2.62. The topological polar surface area (TPSA) is 49.4 Å². The lowest BCUT2D eigenvalue weighted by Crippen LogP contribution is -2.38. The Kier molecular flexibility index (Phi) is 5.20. The molecule has 1 N–H and O–H groups in total. The van der Waals surface area contributed by atoms with Crippen LogP contribution >= 0.6 is 22.9 Å². The lowest BCUT2D eigenvalue weighted by molar-refractivity contribution is -0.135. The summed E-state index contributed by atoms with van der Waals surface area (Å²) in [7, 11) is 0. The first-order chi connectivity index (χ1) is 12.0. The minimum Gasteiger partial charge on any atom is -0.333 e. The molecule has 1 aliphatic rings. The summed E-state index contributed by atoms with van der Waals surface area (Å²) in [5.41, 5.74) is 0.983. The van der Waals surface area contributed by atoms with Crippen molar-refractivity contribution in [1.29, 1.82) is 0 Å². The number of anilines is 1. The molecule has 0 saturated carbocycles. The van der Waals surface area contributed by atoms with Crippen LogP contribution in [0, 0.1) is 5.82 Å². The quantitative estimate of drug-likeness (QED) is 0.793. The lowest BCUT2D eigenvalue weighted by Gasteiger charge is -2.30. The van der Waals surface area contributed by atoms with Gasteiger partial charge in [0.15, 0.2) is 0 Å². The first kappa shape index (κ1) is 17.6. The number of carbonyl (C=O) groups is 2. The third-order valence-corrected chi connectivity index (χ3v) is 5.21. The average molecular weight is 379 g/mol. The van der Waals surface area contributed by atoms with Crippen LogP contribution in [-0.4, -0.2) is 23.3 Å². The van der Waals surface area contributed by atoms with E-state index in [-0.39, 0.29) is 18.2 Å². The zero-order valence-electron chi connectivity index (χ0n) is 13.3. The van der Waals surface area contributed by atoms with Crippen molar-refractivity contribution < 1.29 is 14.0 Å². The van der Waals surface area contributed by atoms with Crippen molar-refractivity contribution in [2.45, 2.75) is 18.9 Å². The zero-order chi connectivity index (χ0) is 18.0. The second-order valence-corrected chi connectivity index (χ2v) is 7.55. The van der Waals surface area contributed by atoms with Gasteiger partial charge in [-0.2, -0.15) is 0 Å². The monoisotopic (exact) mass is 378 g/mol. The fourth-order valence-corrected chi connectivity index (χ4v) is 3.99. The van der Waals surface area contributed by atoms with Gasteiger partial charge in [-0.25, -0.2) is 4.39 Å². The van der Waals surface area contributed by atoms with Gasteiger partial charge in [0, 0.05) is 23.5 Å². The molecule has 1 aromatic heterocycles. The molecule has 0 aliphatic carbocycles. The maximum absolute atomic E-state index is 13.4. The van der Waals surface area contributed by atoms with Crippen molar-refractivity contribution in [3.8, 4) is 0 Å². The normalized spacial score (nSPS) is 16.1. The largest absolute Gasteiger partial charge is 0.333 e. The van der Waals surface area contributed by atoms with E-state index in [2.05, 4.69) is 11.9 Å². The summed E-state index contributed by atoms with van der Waals surface area (Å²) in [6, 6.07) is 7.75. The summed E-state index contributed by atoms with van der Waals surface area (Å²) >= 11 is 7.36. The number of fused-ring (bicyclic) bond motifs is 1. The van der Waals surface area contributed by atoms with E-state index >= 15 is 0 Å². The van der Waals surface area contributed by atoms with E-state index in [1.54, 1.807) is 23.1 Å². The highest BCUT2D eigenvalue weighted by atomic mass is 35.5.